The van der Waals surface area contributed by atoms with E-state index in [1.165, 1.54) is 6.07 Å². The fourth-order valence-corrected chi connectivity index (χ4v) is 3.17. The van der Waals surface area contributed by atoms with Crippen LogP contribution in [0.3, 0.4) is 0 Å². The molecular weight excluding hydrogens is 316 g/mol. The predicted octanol–water partition coefficient (Wildman–Crippen LogP) is 2.31. The molecule has 0 radical (unpaired) electrons. The van der Waals surface area contributed by atoms with Crippen LogP contribution in [-0.4, -0.2) is 40.1 Å². The number of phenols is 1. The Balaban J connectivity index is 1.72. The summed E-state index contributed by atoms with van der Waals surface area (Å²) >= 11 is 0. The van der Waals surface area contributed by atoms with Gasteiger partial charge in [0.05, 0.1) is 11.6 Å². The van der Waals surface area contributed by atoms with Crippen LogP contribution in [0.25, 0.3) is 0 Å². The van der Waals surface area contributed by atoms with E-state index in [1.807, 2.05) is 13.0 Å². The number of aryl methyl sites for hydroxylation is 2. The SMILES string of the molecule is CCc1cc(C)nc(N2CC(C)C(NC(=O)c3ccccc3O)C2)n1. The molecule has 1 aromatic heterocycles. The molecule has 132 valence electrons. The predicted molar refractivity (Wildman–Crippen MR) is 96.9 cm³/mol. The number of para-hydroxylation sites is 1. The number of nitrogens with one attached hydrogen (secondary N) is 1. The van der Waals surface area contributed by atoms with Gasteiger partial charge in [-0.15, -0.1) is 0 Å². The number of aromatic hydroxyl groups is 1. The number of aromatic nitrogens is 2. The molecule has 2 N–H and O–H groups in total. The van der Waals surface area contributed by atoms with E-state index < -0.39 is 0 Å². The molecule has 0 aliphatic carbocycles. The molecule has 2 unspecified atom stereocenters. The fraction of sp³-hybridized carbons (Fsp3) is 0.421. The number of anilines is 1. The van der Waals surface area contributed by atoms with Crippen molar-refractivity contribution in [2.24, 2.45) is 5.92 Å². The quantitative estimate of drug-likeness (QED) is 0.893. The molecule has 25 heavy (non-hydrogen) atoms. The van der Waals surface area contributed by atoms with Gasteiger partial charge in [-0.2, -0.15) is 0 Å². The summed E-state index contributed by atoms with van der Waals surface area (Å²) in [5.41, 5.74) is 2.28. The number of benzene rings is 1. The third-order valence-electron chi connectivity index (χ3n) is 4.62. The second-order valence-corrected chi connectivity index (χ2v) is 6.63. The second kappa shape index (κ2) is 7.09. The van der Waals surface area contributed by atoms with Crippen LogP contribution in [0, 0.1) is 12.8 Å². The molecule has 1 saturated heterocycles. The summed E-state index contributed by atoms with van der Waals surface area (Å²) in [7, 11) is 0. The first-order valence-corrected chi connectivity index (χ1v) is 8.66. The summed E-state index contributed by atoms with van der Waals surface area (Å²) in [4.78, 5) is 23.7. The molecule has 1 aliphatic heterocycles. The molecule has 6 nitrogen and oxygen atoms in total. The Labute approximate surface area is 147 Å². The molecule has 0 spiro atoms. The highest BCUT2D eigenvalue weighted by Crippen LogP contribution is 2.23. The van der Waals surface area contributed by atoms with Crippen molar-refractivity contribution < 1.29 is 9.90 Å². The number of rotatable bonds is 4. The van der Waals surface area contributed by atoms with Gasteiger partial charge in [0.25, 0.3) is 5.91 Å². The van der Waals surface area contributed by atoms with E-state index in [9.17, 15) is 9.90 Å². The lowest BCUT2D eigenvalue weighted by molar-refractivity contribution is 0.0930. The van der Waals surface area contributed by atoms with E-state index in [0.29, 0.717) is 12.1 Å². The van der Waals surface area contributed by atoms with Gasteiger partial charge in [0.15, 0.2) is 0 Å². The van der Waals surface area contributed by atoms with Gasteiger partial charge < -0.3 is 15.3 Å². The minimum atomic E-state index is -0.254. The Bertz CT molecular complexity index is 778. The fourth-order valence-electron chi connectivity index (χ4n) is 3.17. The van der Waals surface area contributed by atoms with E-state index in [4.69, 9.17) is 0 Å². The van der Waals surface area contributed by atoms with Crippen LogP contribution in [0.2, 0.25) is 0 Å². The van der Waals surface area contributed by atoms with E-state index >= 15 is 0 Å². The van der Waals surface area contributed by atoms with Crippen molar-refractivity contribution in [2.45, 2.75) is 33.2 Å². The summed E-state index contributed by atoms with van der Waals surface area (Å²) in [6.45, 7) is 7.60. The Morgan fingerprint density at radius 2 is 2.08 bits per heavy atom. The Hall–Kier alpha value is -2.63. The summed E-state index contributed by atoms with van der Waals surface area (Å²) < 4.78 is 0. The number of carbonyl (C=O) groups excluding carboxylic acids is 1. The van der Waals surface area contributed by atoms with E-state index in [2.05, 4.69) is 34.0 Å². The highest BCUT2D eigenvalue weighted by molar-refractivity contribution is 5.97. The maximum atomic E-state index is 12.4. The number of nitrogens with zero attached hydrogens (tertiary/aromatic N) is 3. The highest BCUT2D eigenvalue weighted by atomic mass is 16.3. The first-order chi connectivity index (χ1) is 12.0. The zero-order valence-corrected chi connectivity index (χ0v) is 14.9. The van der Waals surface area contributed by atoms with Crippen molar-refractivity contribution >= 4 is 11.9 Å². The number of hydrogen-bond donors (Lipinski definition) is 2. The number of amides is 1. The lowest BCUT2D eigenvalue weighted by Gasteiger charge is -2.18. The van der Waals surface area contributed by atoms with Gasteiger partial charge in [0.1, 0.15) is 5.75 Å². The minimum absolute atomic E-state index is 0.00267. The second-order valence-electron chi connectivity index (χ2n) is 6.63. The number of phenolic OH excluding ortho intramolecular Hbond substituents is 1. The lowest BCUT2D eigenvalue weighted by atomic mass is 10.1. The standard InChI is InChI=1S/C19H24N4O2/c1-4-14-9-13(3)20-19(21-14)23-10-12(2)16(11-23)22-18(25)15-7-5-6-8-17(15)24/h5-9,12,16,24H,4,10-11H2,1-3H3,(H,22,25). The third kappa shape index (κ3) is 3.73. The van der Waals surface area contributed by atoms with E-state index in [0.717, 1.165) is 30.3 Å². The average Bonchev–Trinajstić information content (AvgIpc) is 2.95. The molecule has 3 rings (SSSR count). The summed E-state index contributed by atoms with van der Waals surface area (Å²) in [6, 6.07) is 8.57. The maximum Gasteiger partial charge on any atom is 0.255 e. The summed E-state index contributed by atoms with van der Waals surface area (Å²) in [5.74, 6) is 0.736. The van der Waals surface area contributed by atoms with Crippen LogP contribution < -0.4 is 10.2 Å². The van der Waals surface area contributed by atoms with Gasteiger partial charge in [0, 0.05) is 24.5 Å². The first kappa shape index (κ1) is 17.2. The van der Waals surface area contributed by atoms with Crippen molar-refractivity contribution in [1.29, 1.82) is 0 Å². The monoisotopic (exact) mass is 340 g/mol. The van der Waals surface area contributed by atoms with Crippen molar-refractivity contribution in [3.8, 4) is 5.75 Å². The van der Waals surface area contributed by atoms with Crippen LogP contribution in [0.1, 0.15) is 35.6 Å². The molecule has 2 aromatic rings. The normalized spacial score (nSPS) is 19.9. The van der Waals surface area contributed by atoms with Gasteiger partial charge in [0.2, 0.25) is 5.95 Å². The first-order valence-electron chi connectivity index (χ1n) is 8.66. The van der Waals surface area contributed by atoms with Crippen molar-refractivity contribution in [3.05, 3.63) is 47.3 Å². The van der Waals surface area contributed by atoms with Crippen molar-refractivity contribution in [2.75, 3.05) is 18.0 Å². The molecule has 6 heteroatoms. The molecule has 1 fully saturated rings. The van der Waals surface area contributed by atoms with Crippen LogP contribution >= 0.6 is 0 Å². The van der Waals surface area contributed by atoms with Crippen LogP contribution in [0.4, 0.5) is 5.95 Å². The summed E-state index contributed by atoms with van der Waals surface area (Å²) in [6.07, 6.45) is 0.868. The smallest absolute Gasteiger partial charge is 0.255 e. The molecule has 2 heterocycles. The van der Waals surface area contributed by atoms with Crippen molar-refractivity contribution in [3.63, 3.8) is 0 Å². The van der Waals surface area contributed by atoms with Crippen LogP contribution in [0.15, 0.2) is 30.3 Å². The zero-order chi connectivity index (χ0) is 18.0. The maximum absolute atomic E-state index is 12.4. The zero-order valence-electron chi connectivity index (χ0n) is 14.9. The Kier molecular flexibility index (Phi) is 4.88. The van der Waals surface area contributed by atoms with Gasteiger partial charge in [-0.05, 0) is 37.5 Å². The van der Waals surface area contributed by atoms with Gasteiger partial charge in [-0.3, -0.25) is 4.79 Å². The number of hydrogen-bond acceptors (Lipinski definition) is 5. The van der Waals surface area contributed by atoms with Crippen LogP contribution in [0.5, 0.6) is 5.75 Å². The largest absolute Gasteiger partial charge is 0.507 e. The Morgan fingerprint density at radius 3 is 2.80 bits per heavy atom. The molecule has 0 bridgehead atoms. The summed E-state index contributed by atoms with van der Waals surface area (Å²) in [5, 5.41) is 12.9. The van der Waals surface area contributed by atoms with Crippen LogP contribution in [-0.2, 0) is 6.42 Å². The minimum Gasteiger partial charge on any atom is -0.507 e. The number of carbonyl (C=O) groups is 1. The van der Waals surface area contributed by atoms with Gasteiger partial charge in [-0.1, -0.05) is 26.0 Å². The average molecular weight is 340 g/mol. The third-order valence-corrected chi connectivity index (χ3v) is 4.62. The van der Waals surface area contributed by atoms with E-state index in [1.54, 1.807) is 18.2 Å². The highest BCUT2D eigenvalue weighted by Gasteiger charge is 2.32. The molecule has 1 aliphatic rings. The van der Waals surface area contributed by atoms with Gasteiger partial charge >= 0.3 is 0 Å². The topological polar surface area (TPSA) is 78.4 Å². The lowest BCUT2D eigenvalue weighted by Crippen LogP contribution is -2.40. The molecule has 2 atom stereocenters. The van der Waals surface area contributed by atoms with E-state index in [-0.39, 0.29) is 23.6 Å². The van der Waals surface area contributed by atoms with Gasteiger partial charge in [-0.25, -0.2) is 9.97 Å². The molecule has 1 aromatic carbocycles. The molecule has 0 saturated carbocycles. The Morgan fingerprint density at radius 1 is 1.32 bits per heavy atom. The molecular formula is C19H24N4O2. The van der Waals surface area contributed by atoms with Crippen molar-refractivity contribution in [1.82, 2.24) is 15.3 Å². The molecule has 1 amide bonds.